The van der Waals surface area contributed by atoms with Gasteiger partial charge in [-0.3, -0.25) is 9.59 Å². The number of aliphatic imine (C=N–C) groups is 1. The van der Waals surface area contributed by atoms with Crippen LogP contribution in [-0.4, -0.2) is 44.3 Å². The minimum Gasteiger partial charge on any atom is -0.387 e. The fourth-order valence-electron chi connectivity index (χ4n) is 4.84. The largest absolute Gasteiger partial charge is 0.387 e. The van der Waals surface area contributed by atoms with E-state index in [-0.39, 0.29) is 30.5 Å². The van der Waals surface area contributed by atoms with Crippen molar-refractivity contribution < 1.29 is 6.17 Å². The van der Waals surface area contributed by atoms with E-state index in [2.05, 4.69) is 15.0 Å². The van der Waals surface area contributed by atoms with Crippen LogP contribution in [0.1, 0.15) is 45.9 Å². The Morgan fingerprint density at radius 2 is 1.82 bits per heavy atom. The topological polar surface area (TPSA) is 106 Å². The Bertz CT molecular complexity index is 1690. The van der Waals surface area contributed by atoms with Gasteiger partial charge in [-0.15, -0.1) is 0 Å². The van der Waals surface area contributed by atoms with Gasteiger partial charge in [0.05, 0.1) is 13.6 Å². The number of nitrogens with two attached hydrogens (primary N) is 1. The number of fused-ring (bicyclic) bond motifs is 2. The lowest BCUT2D eigenvalue weighted by molar-refractivity contribution is -0.127. The normalized spacial score (nSPS) is 13.2. The minimum atomic E-state index is -0.125. The molecule has 0 spiro atoms. The second-order valence-corrected chi connectivity index (χ2v) is 9.64. The highest BCUT2D eigenvalue weighted by Crippen LogP contribution is 2.33. The molecule has 2 aromatic heterocycles. The average molecular weight is 522 g/mol. The van der Waals surface area contributed by atoms with Gasteiger partial charge in [0.25, 0.3) is 5.56 Å². The molecule has 0 radical (unpaired) electrons. The summed E-state index contributed by atoms with van der Waals surface area (Å²) in [5.41, 5.74) is 9.44. The highest BCUT2D eigenvalue weighted by Gasteiger charge is 2.21. The molecule has 1 amide bonds. The number of hydrogen-bond donors (Lipinski definition) is 1. The van der Waals surface area contributed by atoms with E-state index < -0.39 is 0 Å². The number of aromatic nitrogens is 3. The van der Waals surface area contributed by atoms with Gasteiger partial charge >= 0.3 is 0 Å². The SMILES string of the molecule is [2H]c1cc(-c2ccc3c(=O)n(Cc4ncccn4)ccc3c2)cc2c1C=C(C(=O)N(CCC)CCC)CC(N)=N2. The number of carbonyl (C=O) groups is 1. The zero-order valence-corrected chi connectivity index (χ0v) is 22.2. The van der Waals surface area contributed by atoms with Crippen LogP contribution in [0.25, 0.3) is 28.0 Å². The molecule has 2 aromatic carbocycles. The molecule has 1 aliphatic rings. The summed E-state index contributed by atoms with van der Waals surface area (Å²) in [6, 6.07) is 13.1. The molecule has 0 fully saturated rings. The Hall–Kier alpha value is -4.59. The van der Waals surface area contributed by atoms with Gasteiger partial charge in [-0.2, -0.15) is 0 Å². The van der Waals surface area contributed by atoms with Gasteiger partial charge < -0.3 is 15.2 Å². The predicted molar refractivity (Wildman–Crippen MR) is 156 cm³/mol. The number of amides is 1. The van der Waals surface area contributed by atoms with E-state index >= 15 is 0 Å². The molecule has 3 heterocycles. The monoisotopic (exact) mass is 521 g/mol. The number of pyridine rings is 1. The number of carbonyl (C=O) groups excluding carboxylic acids is 1. The molecule has 8 nitrogen and oxygen atoms in total. The number of amidine groups is 1. The highest BCUT2D eigenvalue weighted by molar-refractivity contribution is 6.05. The molecule has 4 aromatic rings. The van der Waals surface area contributed by atoms with Crippen LogP contribution in [0.3, 0.4) is 0 Å². The van der Waals surface area contributed by atoms with Crippen molar-refractivity contribution in [3.63, 3.8) is 0 Å². The molecule has 0 saturated heterocycles. The van der Waals surface area contributed by atoms with E-state index in [1.807, 2.05) is 43.0 Å². The molecule has 8 heteroatoms. The van der Waals surface area contributed by atoms with Crippen molar-refractivity contribution in [2.75, 3.05) is 13.1 Å². The molecule has 39 heavy (non-hydrogen) atoms. The van der Waals surface area contributed by atoms with E-state index in [1.54, 1.807) is 47.4 Å². The second-order valence-electron chi connectivity index (χ2n) is 9.64. The highest BCUT2D eigenvalue weighted by atomic mass is 16.2. The maximum absolute atomic E-state index is 13.3. The van der Waals surface area contributed by atoms with Crippen LogP contribution in [0.15, 0.2) is 82.5 Å². The Labute approximate surface area is 229 Å². The van der Waals surface area contributed by atoms with Crippen LogP contribution in [-0.2, 0) is 11.3 Å². The molecule has 0 atom stereocenters. The Morgan fingerprint density at radius 3 is 2.56 bits per heavy atom. The van der Waals surface area contributed by atoms with Gasteiger partial charge in [-0.05, 0) is 65.8 Å². The van der Waals surface area contributed by atoms with E-state index in [0.717, 1.165) is 29.4 Å². The first-order valence-electron chi connectivity index (χ1n) is 13.7. The first-order chi connectivity index (χ1) is 19.4. The third-order valence-electron chi connectivity index (χ3n) is 6.70. The first kappa shape index (κ1) is 24.7. The van der Waals surface area contributed by atoms with Crippen molar-refractivity contribution in [1.82, 2.24) is 19.4 Å². The predicted octanol–water partition coefficient (Wildman–Crippen LogP) is 4.93. The van der Waals surface area contributed by atoms with Gasteiger partial charge in [0.15, 0.2) is 0 Å². The number of benzene rings is 2. The average Bonchev–Trinajstić information content (AvgIpc) is 3.13. The molecular formula is C31H32N6O2. The van der Waals surface area contributed by atoms with Crippen LogP contribution >= 0.6 is 0 Å². The number of nitrogens with zero attached hydrogens (tertiary/aromatic N) is 5. The summed E-state index contributed by atoms with van der Waals surface area (Å²) in [6.07, 6.45) is 8.79. The second kappa shape index (κ2) is 11.4. The van der Waals surface area contributed by atoms with Crippen LogP contribution < -0.4 is 11.3 Å². The smallest absolute Gasteiger partial charge is 0.258 e. The van der Waals surface area contributed by atoms with Gasteiger partial charge in [-0.25, -0.2) is 15.0 Å². The third kappa shape index (κ3) is 5.65. The lowest BCUT2D eigenvalue weighted by atomic mass is 9.99. The Morgan fingerprint density at radius 1 is 1.08 bits per heavy atom. The standard InChI is InChI=1S/C31H32N6O2/c1-3-13-36(14-4-2)30(38)25-17-24-7-6-22(18-27(24)35-28(32)19-25)21-8-9-26-23(16-21)10-15-37(31(26)39)20-29-33-11-5-12-34-29/h5-12,15-18H,3-4,13-14,19-20H2,1-2H3,(H2,32,35)/i7D. The quantitative estimate of drug-likeness (QED) is 0.354. The summed E-state index contributed by atoms with van der Waals surface area (Å²) in [6.45, 7) is 5.74. The number of rotatable bonds is 8. The molecule has 2 N–H and O–H groups in total. The maximum Gasteiger partial charge on any atom is 0.258 e. The van der Waals surface area contributed by atoms with Crippen molar-refractivity contribution >= 4 is 34.3 Å². The molecule has 0 aliphatic carbocycles. The summed E-state index contributed by atoms with van der Waals surface area (Å²) in [7, 11) is 0. The van der Waals surface area contributed by atoms with E-state index in [4.69, 9.17) is 7.10 Å². The first-order valence-corrected chi connectivity index (χ1v) is 13.2. The van der Waals surface area contributed by atoms with Gasteiger partial charge in [-0.1, -0.05) is 32.0 Å². The summed E-state index contributed by atoms with van der Waals surface area (Å²) in [5, 5.41) is 1.37. The summed E-state index contributed by atoms with van der Waals surface area (Å²) in [4.78, 5) is 41.3. The van der Waals surface area contributed by atoms with Crippen molar-refractivity contribution in [3.8, 4) is 11.1 Å². The fraction of sp³-hybridized carbons (Fsp3) is 0.258. The molecule has 198 valence electrons. The van der Waals surface area contributed by atoms with Crippen molar-refractivity contribution in [1.29, 1.82) is 0 Å². The summed E-state index contributed by atoms with van der Waals surface area (Å²) in [5.74, 6) is 0.845. The van der Waals surface area contributed by atoms with Gasteiger partial charge in [0, 0.05) is 54.6 Å². The van der Waals surface area contributed by atoms with Crippen molar-refractivity contribution in [2.45, 2.75) is 39.7 Å². The lowest BCUT2D eigenvalue weighted by Crippen LogP contribution is -2.34. The van der Waals surface area contributed by atoms with Crippen LogP contribution in [0.5, 0.6) is 0 Å². The van der Waals surface area contributed by atoms with E-state index in [1.165, 1.54) is 0 Å². The molecule has 0 bridgehead atoms. The van der Waals surface area contributed by atoms with Crippen LogP contribution in [0.4, 0.5) is 5.69 Å². The molecule has 5 rings (SSSR count). The van der Waals surface area contributed by atoms with Gasteiger partial charge in [0.2, 0.25) is 5.91 Å². The maximum atomic E-state index is 13.3. The Balaban J connectivity index is 1.50. The zero-order chi connectivity index (χ0) is 28.2. The fourth-order valence-corrected chi connectivity index (χ4v) is 4.84. The molecule has 0 unspecified atom stereocenters. The summed E-state index contributed by atoms with van der Waals surface area (Å²) < 4.78 is 10.4. The van der Waals surface area contributed by atoms with Crippen molar-refractivity contribution in [3.05, 3.63) is 94.4 Å². The van der Waals surface area contributed by atoms with Gasteiger partial charge in [0.1, 0.15) is 11.7 Å². The zero-order valence-electron chi connectivity index (χ0n) is 23.2. The van der Waals surface area contributed by atoms with Crippen LogP contribution in [0.2, 0.25) is 0 Å². The molecule has 1 aliphatic heterocycles. The lowest BCUT2D eigenvalue weighted by Gasteiger charge is -2.22. The third-order valence-corrected chi connectivity index (χ3v) is 6.70. The summed E-state index contributed by atoms with van der Waals surface area (Å²) >= 11 is 0. The van der Waals surface area contributed by atoms with E-state index in [0.29, 0.717) is 47.0 Å². The molecular weight excluding hydrogens is 488 g/mol. The Kier molecular flexibility index (Phi) is 7.25. The van der Waals surface area contributed by atoms with E-state index in [9.17, 15) is 9.59 Å². The molecule has 0 saturated carbocycles. The minimum absolute atomic E-state index is 0.0582. The van der Waals surface area contributed by atoms with Crippen molar-refractivity contribution in [2.24, 2.45) is 10.7 Å². The van der Waals surface area contributed by atoms with Crippen LogP contribution in [0, 0.1) is 0 Å². The number of hydrogen-bond acceptors (Lipinski definition) is 6.